The predicted octanol–water partition coefficient (Wildman–Crippen LogP) is 3.27. The van der Waals surface area contributed by atoms with E-state index in [9.17, 15) is 4.39 Å². The first-order valence-electron chi connectivity index (χ1n) is 7.71. The Morgan fingerprint density at radius 1 is 1.28 bits per heavy atom. The van der Waals surface area contributed by atoms with E-state index in [1.165, 1.54) is 23.9 Å². The van der Waals surface area contributed by atoms with Crippen molar-refractivity contribution in [3.8, 4) is 11.4 Å². The molecule has 0 fully saturated rings. The van der Waals surface area contributed by atoms with Crippen LogP contribution in [0.2, 0.25) is 0 Å². The molecule has 1 aliphatic heterocycles. The van der Waals surface area contributed by atoms with E-state index in [0.29, 0.717) is 23.3 Å². The summed E-state index contributed by atoms with van der Waals surface area (Å²) in [7, 11) is 0. The highest BCUT2D eigenvalue weighted by atomic mass is 32.2. The highest BCUT2D eigenvalue weighted by Gasteiger charge is 2.18. The Labute approximate surface area is 147 Å². The molecule has 0 radical (unpaired) electrons. The lowest BCUT2D eigenvalue weighted by atomic mass is 10.1. The van der Waals surface area contributed by atoms with Gasteiger partial charge in [0, 0.05) is 16.9 Å². The summed E-state index contributed by atoms with van der Waals surface area (Å²) in [4.78, 5) is 0. The number of benzene rings is 2. The Balaban J connectivity index is 1.61. The number of aryl methyl sites for hydroxylation is 1. The van der Waals surface area contributed by atoms with Gasteiger partial charge >= 0.3 is 0 Å². The van der Waals surface area contributed by atoms with Gasteiger partial charge in [-0.05, 0) is 41.1 Å². The van der Waals surface area contributed by atoms with Crippen molar-refractivity contribution < 1.29 is 13.9 Å². The van der Waals surface area contributed by atoms with Gasteiger partial charge in [0.15, 0.2) is 6.79 Å². The highest BCUT2D eigenvalue weighted by Crippen LogP contribution is 2.33. The predicted molar refractivity (Wildman–Crippen MR) is 90.1 cm³/mol. The van der Waals surface area contributed by atoms with Crippen LogP contribution in [0.4, 0.5) is 4.39 Å². The quantitative estimate of drug-likeness (QED) is 0.667. The summed E-state index contributed by atoms with van der Waals surface area (Å²) in [6.45, 7) is 2.53. The molecule has 0 spiro atoms. The Bertz CT molecular complexity index is 915. The van der Waals surface area contributed by atoms with Crippen LogP contribution in [0.3, 0.4) is 0 Å². The van der Waals surface area contributed by atoms with Gasteiger partial charge in [-0.25, -0.2) is 4.39 Å². The van der Waals surface area contributed by atoms with Gasteiger partial charge in [-0.3, -0.25) is 0 Å². The molecule has 4 rings (SSSR count). The van der Waals surface area contributed by atoms with Gasteiger partial charge in [0.25, 0.3) is 0 Å². The maximum absolute atomic E-state index is 13.9. The zero-order valence-electron chi connectivity index (χ0n) is 13.5. The van der Waals surface area contributed by atoms with E-state index >= 15 is 0 Å². The van der Waals surface area contributed by atoms with E-state index < -0.39 is 0 Å². The molecule has 0 unspecified atom stereocenters. The number of rotatable bonds is 4. The maximum Gasteiger partial charge on any atom is 0.214 e. The van der Waals surface area contributed by atoms with E-state index in [0.717, 1.165) is 22.4 Å². The Kier molecular flexibility index (Phi) is 4.37. The van der Waals surface area contributed by atoms with E-state index in [1.807, 2.05) is 31.2 Å². The third-order valence-corrected chi connectivity index (χ3v) is 4.86. The SMILES string of the molecule is Cc1ccccc1-n1nnnc1SCc1cc(F)cc2c1OCOC2. The number of ether oxygens (including phenoxy) is 2. The van der Waals surface area contributed by atoms with Crippen LogP contribution < -0.4 is 4.74 Å². The van der Waals surface area contributed by atoms with Crippen molar-refractivity contribution in [1.82, 2.24) is 20.2 Å². The van der Waals surface area contributed by atoms with Gasteiger partial charge in [0.1, 0.15) is 11.6 Å². The van der Waals surface area contributed by atoms with Gasteiger partial charge < -0.3 is 9.47 Å². The second-order valence-corrected chi connectivity index (χ2v) is 6.55. The van der Waals surface area contributed by atoms with E-state index in [4.69, 9.17) is 9.47 Å². The van der Waals surface area contributed by atoms with Gasteiger partial charge in [0.05, 0.1) is 12.3 Å². The summed E-state index contributed by atoms with van der Waals surface area (Å²) in [6.07, 6.45) is 0. The summed E-state index contributed by atoms with van der Waals surface area (Å²) in [5, 5.41) is 12.6. The van der Waals surface area contributed by atoms with E-state index in [2.05, 4.69) is 15.5 Å². The number of tetrazole rings is 1. The lowest BCUT2D eigenvalue weighted by Gasteiger charge is -2.20. The molecule has 0 aliphatic carbocycles. The van der Waals surface area contributed by atoms with Crippen LogP contribution in [0.15, 0.2) is 41.6 Å². The number of fused-ring (bicyclic) bond motifs is 1. The molecule has 8 heteroatoms. The minimum atomic E-state index is -0.304. The Hall–Kier alpha value is -2.45. The fourth-order valence-electron chi connectivity index (χ4n) is 2.73. The average molecular weight is 358 g/mol. The van der Waals surface area contributed by atoms with Gasteiger partial charge in [-0.2, -0.15) is 4.68 Å². The van der Waals surface area contributed by atoms with Crippen LogP contribution in [-0.2, 0) is 17.1 Å². The molecule has 0 atom stereocenters. The molecule has 6 nitrogen and oxygen atoms in total. The third kappa shape index (κ3) is 3.22. The number of aromatic nitrogens is 4. The van der Waals surface area contributed by atoms with Gasteiger partial charge in [0.2, 0.25) is 5.16 Å². The van der Waals surface area contributed by atoms with Crippen LogP contribution in [0, 0.1) is 12.7 Å². The third-order valence-electron chi connectivity index (χ3n) is 3.89. The van der Waals surface area contributed by atoms with E-state index in [-0.39, 0.29) is 12.6 Å². The zero-order chi connectivity index (χ0) is 17.2. The smallest absolute Gasteiger partial charge is 0.214 e. The number of thioether (sulfide) groups is 1. The lowest BCUT2D eigenvalue weighted by molar-refractivity contribution is -0.0171. The molecular formula is C17H15FN4O2S. The van der Waals surface area contributed by atoms with Crippen molar-refractivity contribution >= 4 is 11.8 Å². The first-order valence-corrected chi connectivity index (χ1v) is 8.70. The molecular weight excluding hydrogens is 343 g/mol. The van der Waals surface area contributed by atoms with E-state index in [1.54, 1.807) is 4.68 Å². The molecule has 25 heavy (non-hydrogen) atoms. The van der Waals surface area contributed by atoms with Crippen molar-refractivity contribution in [2.45, 2.75) is 24.4 Å². The Morgan fingerprint density at radius 2 is 2.16 bits per heavy atom. The number of para-hydroxylation sites is 1. The lowest BCUT2D eigenvalue weighted by Crippen LogP contribution is -2.13. The number of hydrogen-bond acceptors (Lipinski definition) is 6. The van der Waals surface area contributed by atoms with Crippen LogP contribution >= 0.6 is 11.8 Å². The summed E-state index contributed by atoms with van der Waals surface area (Å²) in [5.41, 5.74) is 3.48. The average Bonchev–Trinajstić information content (AvgIpc) is 3.08. The fraction of sp³-hybridized carbons (Fsp3) is 0.235. The molecule has 1 aliphatic rings. The molecule has 2 heterocycles. The molecule has 128 valence electrons. The molecule has 0 N–H and O–H groups in total. The first kappa shape index (κ1) is 16.0. The van der Waals surface area contributed by atoms with Crippen LogP contribution in [-0.4, -0.2) is 27.0 Å². The fourth-order valence-corrected chi connectivity index (χ4v) is 3.58. The number of nitrogens with zero attached hydrogens (tertiary/aromatic N) is 4. The van der Waals surface area contributed by atoms with Gasteiger partial charge in [-0.15, -0.1) is 5.10 Å². The van der Waals surface area contributed by atoms with Crippen LogP contribution in [0.5, 0.6) is 5.75 Å². The summed E-state index contributed by atoms with van der Waals surface area (Å²) in [5.74, 6) is 0.879. The van der Waals surface area contributed by atoms with Crippen molar-refractivity contribution in [3.05, 3.63) is 58.9 Å². The first-order chi connectivity index (χ1) is 12.2. The van der Waals surface area contributed by atoms with Crippen LogP contribution in [0.25, 0.3) is 5.69 Å². The monoisotopic (exact) mass is 358 g/mol. The summed E-state index contributed by atoms with van der Waals surface area (Å²) in [6, 6.07) is 10.8. The zero-order valence-corrected chi connectivity index (χ0v) is 14.3. The minimum absolute atomic E-state index is 0.178. The summed E-state index contributed by atoms with van der Waals surface area (Å²) >= 11 is 1.43. The molecule has 2 aromatic carbocycles. The molecule has 0 bridgehead atoms. The minimum Gasteiger partial charge on any atom is -0.467 e. The van der Waals surface area contributed by atoms with Gasteiger partial charge in [-0.1, -0.05) is 30.0 Å². The Morgan fingerprint density at radius 3 is 3.04 bits per heavy atom. The van der Waals surface area contributed by atoms with Crippen molar-refractivity contribution in [3.63, 3.8) is 0 Å². The normalized spacial score (nSPS) is 13.4. The molecule has 1 aromatic heterocycles. The highest BCUT2D eigenvalue weighted by molar-refractivity contribution is 7.98. The van der Waals surface area contributed by atoms with Crippen molar-refractivity contribution in [2.75, 3.05) is 6.79 Å². The molecule has 3 aromatic rings. The molecule has 0 amide bonds. The van der Waals surface area contributed by atoms with Crippen molar-refractivity contribution in [2.24, 2.45) is 0 Å². The largest absolute Gasteiger partial charge is 0.467 e. The maximum atomic E-state index is 13.9. The molecule has 0 saturated carbocycles. The summed E-state index contributed by atoms with van der Waals surface area (Å²) < 4.78 is 26.3. The number of halogens is 1. The number of hydrogen-bond donors (Lipinski definition) is 0. The standard InChI is InChI=1S/C17H15FN4O2S/c1-11-4-2-3-5-15(11)22-17(19-20-21-22)25-9-13-7-14(18)6-12-8-23-10-24-16(12)13/h2-7H,8-10H2,1H3. The van der Waals surface area contributed by atoms with Crippen LogP contribution in [0.1, 0.15) is 16.7 Å². The van der Waals surface area contributed by atoms with Crippen molar-refractivity contribution in [1.29, 1.82) is 0 Å². The second-order valence-electron chi connectivity index (χ2n) is 5.61. The molecule has 0 saturated heterocycles. The second kappa shape index (κ2) is 6.81. The topological polar surface area (TPSA) is 62.1 Å².